The minimum absolute atomic E-state index is 0.00975. The Hall–Kier alpha value is -4.80. The van der Waals surface area contributed by atoms with Crippen LogP contribution in [-0.4, -0.2) is 31.4 Å². The lowest BCUT2D eigenvalue weighted by molar-refractivity contribution is 0.511. The fourth-order valence-electron chi connectivity index (χ4n) is 2.94. The first-order valence-electron chi connectivity index (χ1n) is 10.5. The van der Waals surface area contributed by atoms with Crippen molar-refractivity contribution in [3.8, 4) is 0 Å². The molecule has 0 saturated heterocycles. The van der Waals surface area contributed by atoms with Gasteiger partial charge in [-0.3, -0.25) is 20.8 Å². The molecule has 0 saturated carbocycles. The molecule has 3 heterocycles. The summed E-state index contributed by atoms with van der Waals surface area (Å²) in [5.74, 6) is -1.42. The molecule has 1 aromatic carbocycles. The van der Waals surface area contributed by atoms with Crippen LogP contribution in [0.1, 0.15) is 25.0 Å². The lowest BCUT2D eigenvalue weighted by Crippen LogP contribution is -2.07. The van der Waals surface area contributed by atoms with Crippen LogP contribution in [0, 0.1) is 11.6 Å². The molecule has 0 aliphatic rings. The van der Waals surface area contributed by atoms with Crippen LogP contribution < -0.4 is 16.2 Å². The van der Waals surface area contributed by atoms with Gasteiger partial charge in [-0.05, 0) is 50.2 Å². The van der Waals surface area contributed by atoms with Crippen molar-refractivity contribution < 1.29 is 8.78 Å². The number of nitrogens with zero attached hydrogens (tertiary/aromatic N) is 6. The number of halogens is 2. The zero-order chi connectivity index (χ0) is 24.6. The third-order valence-electron chi connectivity index (χ3n) is 4.80. The van der Waals surface area contributed by atoms with Gasteiger partial charge in [0.15, 0.2) is 23.3 Å². The molecule has 3 N–H and O–H groups in total. The summed E-state index contributed by atoms with van der Waals surface area (Å²) in [7, 11) is 0. The quantitative estimate of drug-likeness (QED) is 0.245. The number of aromatic nitrogens is 4. The van der Waals surface area contributed by atoms with E-state index in [1.165, 1.54) is 12.1 Å². The molecule has 3 aromatic heterocycles. The van der Waals surface area contributed by atoms with Gasteiger partial charge in [0.2, 0.25) is 5.95 Å². The maximum atomic E-state index is 14.2. The van der Waals surface area contributed by atoms with E-state index in [0.717, 1.165) is 17.2 Å². The van der Waals surface area contributed by atoms with Crippen LogP contribution in [0.5, 0.6) is 0 Å². The van der Waals surface area contributed by atoms with Gasteiger partial charge in [0.25, 0.3) is 0 Å². The third-order valence-corrected chi connectivity index (χ3v) is 4.80. The second-order valence-electron chi connectivity index (χ2n) is 7.28. The van der Waals surface area contributed by atoms with Crippen LogP contribution >= 0.6 is 0 Å². The zero-order valence-electron chi connectivity index (χ0n) is 18.9. The largest absolute Gasteiger partial charge is 0.321 e. The van der Waals surface area contributed by atoms with Crippen molar-refractivity contribution in [3.05, 3.63) is 96.1 Å². The summed E-state index contributed by atoms with van der Waals surface area (Å²) in [5, 5.41) is 11.4. The highest BCUT2D eigenvalue weighted by Crippen LogP contribution is 2.22. The van der Waals surface area contributed by atoms with Crippen molar-refractivity contribution in [1.29, 1.82) is 0 Å². The predicted molar refractivity (Wildman–Crippen MR) is 132 cm³/mol. The molecule has 9 nitrogen and oxygen atoms in total. The molecule has 0 fully saturated rings. The van der Waals surface area contributed by atoms with Crippen molar-refractivity contribution in [2.24, 2.45) is 10.2 Å². The lowest BCUT2D eigenvalue weighted by atomic mass is 10.2. The first-order valence-corrected chi connectivity index (χ1v) is 10.5. The van der Waals surface area contributed by atoms with Crippen molar-refractivity contribution in [2.75, 3.05) is 16.2 Å². The van der Waals surface area contributed by atoms with E-state index in [-0.39, 0.29) is 11.6 Å². The standard InChI is InChI=1S/C24H21F2N9/c1-15(17-6-10-27-11-7-17)32-34-21-14-22(35-33-16(2)18-8-12-28-13-9-18)31-24(30-21)29-20-5-3-4-19(25)23(20)26/h3-14H,1-2H3,(H3,29,30,31,34,35). The van der Waals surface area contributed by atoms with Gasteiger partial charge < -0.3 is 5.32 Å². The summed E-state index contributed by atoms with van der Waals surface area (Å²) < 4.78 is 27.9. The average molecular weight is 473 g/mol. The number of hydrazone groups is 2. The van der Waals surface area contributed by atoms with E-state index in [1.54, 1.807) is 30.9 Å². The molecule has 0 radical (unpaired) electrons. The smallest absolute Gasteiger partial charge is 0.231 e. The molecule has 11 heteroatoms. The molecule has 0 aliphatic carbocycles. The molecular formula is C24H21F2N9. The Kier molecular flexibility index (Phi) is 7.26. The number of pyridine rings is 2. The number of anilines is 4. The number of benzene rings is 1. The van der Waals surface area contributed by atoms with Crippen molar-refractivity contribution >= 4 is 34.7 Å². The SMILES string of the molecule is CC(=NNc1cc(NN=C(C)c2ccncc2)nc(Nc2cccc(F)c2F)n1)c1ccncc1. The first kappa shape index (κ1) is 23.4. The van der Waals surface area contributed by atoms with Gasteiger partial charge in [0.05, 0.1) is 17.1 Å². The summed E-state index contributed by atoms with van der Waals surface area (Å²) in [6.07, 6.45) is 6.67. The second kappa shape index (κ2) is 10.9. The van der Waals surface area contributed by atoms with Crippen molar-refractivity contribution in [1.82, 2.24) is 19.9 Å². The number of nitrogens with one attached hydrogen (secondary N) is 3. The molecule has 176 valence electrons. The van der Waals surface area contributed by atoms with Crippen LogP contribution in [0.4, 0.5) is 32.1 Å². The van der Waals surface area contributed by atoms with Crippen molar-refractivity contribution in [3.63, 3.8) is 0 Å². The Bertz CT molecular complexity index is 1280. The Morgan fingerprint density at radius 1 is 0.743 bits per heavy atom. The van der Waals surface area contributed by atoms with Crippen LogP contribution in [0.15, 0.2) is 83.5 Å². The minimum Gasteiger partial charge on any atom is -0.321 e. The first-order chi connectivity index (χ1) is 17.0. The number of hydrogen-bond acceptors (Lipinski definition) is 9. The average Bonchev–Trinajstić information content (AvgIpc) is 2.89. The van der Waals surface area contributed by atoms with E-state index in [1.807, 2.05) is 38.1 Å². The van der Waals surface area contributed by atoms with E-state index in [0.29, 0.717) is 23.1 Å². The Balaban J connectivity index is 1.63. The summed E-state index contributed by atoms with van der Waals surface area (Å²) in [6, 6.07) is 12.7. The summed E-state index contributed by atoms with van der Waals surface area (Å²) in [6.45, 7) is 3.65. The normalized spacial score (nSPS) is 11.8. The van der Waals surface area contributed by atoms with Crippen molar-refractivity contribution in [2.45, 2.75) is 13.8 Å². The highest BCUT2D eigenvalue weighted by molar-refractivity contribution is 5.99. The lowest BCUT2D eigenvalue weighted by Gasteiger charge is -2.11. The highest BCUT2D eigenvalue weighted by atomic mass is 19.2. The maximum absolute atomic E-state index is 14.2. The van der Waals surface area contributed by atoms with Gasteiger partial charge in [-0.25, -0.2) is 8.78 Å². The van der Waals surface area contributed by atoms with Crippen LogP contribution in [0.3, 0.4) is 0 Å². The molecule has 0 amide bonds. The zero-order valence-corrected chi connectivity index (χ0v) is 18.9. The molecule has 0 spiro atoms. The van der Waals surface area contributed by atoms with Crippen LogP contribution in [-0.2, 0) is 0 Å². The fourth-order valence-corrected chi connectivity index (χ4v) is 2.94. The molecule has 0 bridgehead atoms. The van der Waals surface area contributed by atoms with Gasteiger partial charge in [-0.15, -0.1) is 0 Å². The Morgan fingerprint density at radius 3 is 1.77 bits per heavy atom. The Labute approximate surface area is 200 Å². The fraction of sp³-hybridized carbons (Fsp3) is 0.0833. The summed E-state index contributed by atoms with van der Waals surface area (Å²) >= 11 is 0. The maximum Gasteiger partial charge on any atom is 0.231 e. The third kappa shape index (κ3) is 6.16. The molecule has 0 atom stereocenters. The summed E-state index contributed by atoms with van der Waals surface area (Å²) in [5.41, 5.74) is 8.75. The monoisotopic (exact) mass is 473 g/mol. The molecule has 4 aromatic rings. The molecule has 0 aliphatic heterocycles. The van der Waals surface area contributed by atoms with Gasteiger partial charge >= 0.3 is 0 Å². The van der Waals surface area contributed by atoms with E-state index in [9.17, 15) is 8.78 Å². The van der Waals surface area contributed by atoms with Gasteiger partial charge in [-0.1, -0.05) is 6.07 Å². The minimum atomic E-state index is -1.04. The van der Waals surface area contributed by atoms with Crippen LogP contribution in [0.2, 0.25) is 0 Å². The van der Waals surface area contributed by atoms with E-state index in [2.05, 4.69) is 46.3 Å². The molecule has 0 unspecified atom stereocenters. The van der Waals surface area contributed by atoms with E-state index < -0.39 is 11.6 Å². The topological polar surface area (TPSA) is 112 Å². The van der Waals surface area contributed by atoms with E-state index >= 15 is 0 Å². The highest BCUT2D eigenvalue weighted by Gasteiger charge is 2.11. The van der Waals surface area contributed by atoms with Crippen LogP contribution in [0.25, 0.3) is 0 Å². The second-order valence-corrected chi connectivity index (χ2v) is 7.28. The molecule has 35 heavy (non-hydrogen) atoms. The number of hydrogen-bond donors (Lipinski definition) is 3. The van der Waals surface area contributed by atoms with Gasteiger partial charge in [0.1, 0.15) is 0 Å². The van der Waals surface area contributed by atoms with Gasteiger partial charge in [0, 0.05) is 42.0 Å². The Morgan fingerprint density at radius 2 is 1.26 bits per heavy atom. The molecule has 4 rings (SSSR count). The summed E-state index contributed by atoms with van der Waals surface area (Å²) in [4.78, 5) is 16.6. The van der Waals surface area contributed by atoms with Gasteiger partial charge in [-0.2, -0.15) is 20.2 Å². The van der Waals surface area contributed by atoms with E-state index in [4.69, 9.17) is 0 Å². The molecular weight excluding hydrogens is 452 g/mol. The predicted octanol–water partition coefficient (Wildman–Crippen LogP) is 4.96. The number of rotatable bonds is 8.